The monoisotopic (exact) mass is 409 g/mol. The molecular formula is C22H20ClN3O3. The number of likely N-dealkylation sites (tertiary alicyclic amines) is 1. The lowest BCUT2D eigenvalue weighted by Crippen LogP contribution is -2.49. The molecule has 0 aliphatic carbocycles. The molecule has 3 aromatic rings. The number of nitrogens with zero attached hydrogens (tertiary/aromatic N) is 1. The molecule has 0 radical (unpaired) electrons. The summed E-state index contributed by atoms with van der Waals surface area (Å²) in [6.07, 6.45) is 0.711. The van der Waals surface area contributed by atoms with Crippen LogP contribution in [0, 0.1) is 0 Å². The van der Waals surface area contributed by atoms with Crippen LogP contribution in [-0.2, 0) is 16.0 Å². The zero-order valence-electron chi connectivity index (χ0n) is 15.7. The number of amides is 2. The predicted octanol–water partition coefficient (Wildman–Crippen LogP) is 2.96. The van der Waals surface area contributed by atoms with Crippen molar-refractivity contribution < 1.29 is 14.4 Å². The second-order valence-electron chi connectivity index (χ2n) is 7.18. The second-order valence-corrected chi connectivity index (χ2v) is 7.62. The van der Waals surface area contributed by atoms with Gasteiger partial charge in [0.25, 0.3) is 5.91 Å². The summed E-state index contributed by atoms with van der Waals surface area (Å²) in [5.74, 6) is -0.583. The number of nitrogens with one attached hydrogen (secondary N) is 2. The number of aromatic amines is 1. The van der Waals surface area contributed by atoms with Crippen molar-refractivity contribution in [3.8, 4) is 0 Å². The van der Waals surface area contributed by atoms with Crippen molar-refractivity contribution in [3.63, 3.8) is 0 Å². The van der Waals surface area contributed by atoms with Gasteiger partial charge in [0.1, 0.15) is 11.7 Å². The van der Waals surface area contributed by atoms with Crippen LogP contribution in [0.25, 0.3) is 10.9 Å². The molecule has 148 valence electrons. The van der Waals surface area contributed by atoms with E-state index in [1.54, 1.807) is 24.3 Å². The molecule has 0 saturated carbocycles. The van der Waals surface area contributed by atoms with E-state index in [9.17, 15) is 14.4 Å². The minimum atomic E-state index is -0.759. The maximum absolute atomic E-state index is 13.0. The summed E-state index contributed by atoms with van der Waals surface area (Å²) < 4.78 is 0. The van der Waals surface area contributed by atoms with Crippen molar-refractivity contribution in [1.82, 2.24) is 15.2 Å². The molecule has 2 amide bonds. The topological polar surface area (TPSA) is 82.3 Å². The lowest BCUT2D eigenvalue weighted by atomic mass is 10.0. The van der Waals surface area contributed by atoms with E-state index in [-0.39, 0.29) is 24.1 Å². The standard InChI is InChI=1S/C22H20ClN3O3/c23-16-6-7-18-15(11-16)12-19(24-18)21(28)25-20(10-14-4-2-1-3-5-14)22(29)26-9-8-17(27)13-26/h1-7,11-12,20,24H,8-10,13H2,(H,25,28)/t20-/m0/s1. The highest BCUT2D eigenvalue weighted by atomic mass is 35.5. The zero-order valence-corrected chi connectivity index (χ0v) is 16.4. The van der Waals surface area contributed by atoms with Gasteiger partial charge in [0.05, 0.1) is 6.54 Å². The van der Waals surface area contributed by atoms with Crippen LogP contribution < -0.4 is 5.32 Å². The number of fused-ring (bicyclic) bond motifs is 1. The lowest BCUT2D eigenvalue weighted by Gasteiger charge is -2.23. The predicted molar refractivity (Wildman–Crippen MR) is 111 cm³/mol. The summed E-state index contributed by atoms with van der Waals surface area (Å²) in [4.78, 5) is 42.1. The summed E-state index contributed by atoms with van der Waals surface area (Å²) in [5, 5.41) is 4.24. The minimum absolute atomic E-state index is 0.0376. The summed E-state index contributed by atoms with van der Waals surface area (Å²) in [7, 11) is 0. The molecule has 4 rings (SSSR count). The fraction of sp³-hybridized carbons (Fsp3) is 0.227. The first-order chi connectivity index (χ1) is 14.0. The van der Waals surface area contributed by atoms with E-state index >= 15 is 0 Å². The van der Waals surface area contributed by atoms with Gasteiger partial charge < -0.3 is 15.2 Å². The number of hydrogen-bond donors (Lipinski definition) is 2. The Morgan fingerprint density at radius 2 is 1.93 bits per heavy atom. The van der Waals surface area contributed by atoms with Gasteiger partial charge in [-0.1, -0.05) is 41.9 Å². The van der Waals surface area contributed by atoms with Crippen molar-refractivity contribution in [2.75, 3.05) is 13.1 Å². The maximum Gasteiger partial charge on any atom is 0.268 e. The average Bonchev–Trinajstić information content (AvgIpc) is 3.33. The highest BCUT2D eigenvalue weighted by Gasteiger charge is 2.31. The van der Waals surface area contributed by atoms with E-state index in [1.165, 1.54) is 4.90 Å². The molecule has 2 aromatic carbocycles. The molecule has 1 fully saturated rings. The highest BCUT2D eigenvalue weighted by molar-refractivity contribution is 6.31. The van der Waals surface area contributed by atoms with Crippen LogP contribution in [0.4, 0.5) is 0 Å². The Morgan fingerprint density at radius 3 is 2.66 bits per heavy atom. The van der Waals surface area contributed by atoms with Crippen LogP contribution in [0.3, 0.4) is 0 Å². The first-order valence-electron chi connectivity index (χ1n) is 9.43. The molecule has 2 heterocycles. The van der Waals surface area contributed by atoms with Crippen LogP contribution in [0.1, 0.15) is 22.5 Å². The van der Waals surface area contributed by atoms with Gasteiger partial charge in [0.15, 0.2) is 5.78 Å². The van der Waals surface area contributed by atoms with Gasteiger partial charge in [-0.3, -0.25) is 14.4 Å². The molecule has 1 atom stereocenters. The number of benzene rings is 2. The first-order valence-corrected chi connectivity index (χ1v) is 9.81. The summed E-state index contributed by atoms with van der Waals surface area (Å²) >= 11 is 6.02. The third kappa shape index (κ3) is 4.32. The van der Waals surface area contributed by atoms with Crippen LogP contribution in [0.15, 0.2) is 54.6 Å². The van der Waals surface area contributed by atoms with Crippen LogP contribution in [0.5, 0.6) is 0 Å². The third-order valence-electron chi connectivity index (χ3n) is 5.05. The van der Waals surface area contributed by atoms with E-state index in [2.05, 4.69) is 10.3 Å². The molecule has 6 nitrogen and oxygen atoms in total. The number of aromatic nitrogens is 1. The number of carbonyl (C=O) groups is 3. The molecule has 0 bridgehead atoms. The smallest absolute Gasteiger partial charge is 0.268 e. The molecule has 1 aliphatic rings. The fourth-order valence-corrected chi connectivity index (χ4v) is 3.73. The van der Waals surface area contributed by atoms with Crippen molar-refractivity contribution >= 4 is 40.1 Å². The Bertz CT molecular complexity index is 1080. The Labute approximate surface area is 172 Å². The summed E-state index contributed by atoms with van der Waals surface area (Å²) in [6.45, 7) is 0.495. The number of rotatable bonds is 5. The largest absolute Gasteiger partial charge is 0.351 e. The minimum Gasteiger partial charge on any atom is -0.351 e. The van der Waals surface area contributed by atoms with E-state index < -0.39 is 6.04 Å². The normalized spacial score (nSPS) is 14.9. The van der Waals surface area contributed by atoms with E-state index in [0.29, 0.717) is 30.1 Å². The van der Waals surface area contributed by atoms with Gasteiger partial charge in [-0.15, -0.1) is 0 Å². The van der Waals surface area contributed by atoms with Gasteiger partial charge >= 0.3 is 0 Å². The van der Waals surface area contributed by atoms with Gasteiger partial charge in [0.2, 0.25) is 5.91 Å². The lowest BCUT2D eigenvalue weighted by molar-refractivity contribution is -0.133. The van der Waals surface area contributed by atoms with Gasteiger partial charge in [0, 0.05) is 35.3 Å². The number of H-pyrrole nitrogens is 1. The number of hydrogen-bond acceptors (Lipinski definition) is 3. The van der Waals surface area contributed by atoms with Crippen molar-refractivity contribution in [2.45, 2.75) is 18.9 Å². The first kappa shape index (κ1) is 19.2. The average molecular weight is 410 g/mol. The molecule has 0 unspecified atom stereocenters. The number of carbonyl (C=O) groups excluding carboxylic acids is 3. The van der Waals surface area contributed by atoms with Crippen molar-refractivity contribution in [2.24, 2.45) is 0 Å². The molecular weight excluding hydrogens is 390 g/mol. The number of halogens is 1. The Hall–Kier alpha value is -3.12. The van der Waals surface area contributed by atoms with Crippen LogP contribution >= 0.6 is 11.6 Å². The quantitative estimate of drug-likeness (QED) is 0.679. The van der Waals surface area contributed by atoms with E-state index in [1.807, 2.05) is 30.3 Å². The second kappa shape index (κ2) is 8.09. The molecule has 1 aromatic heterocycles. The van der Waals surface area contributed by atoms with Gasteiger partial charge in [-0.05, 0) is 29.8 Å². The number of Topliss-reactive ketones (excluding diaryl/α,β-unsaturated/α-hetero) is 1. The summed E-state index contributed by atoms with van der Waals surface area (Å²) in [6, 6.07) is 15.8. The Morgan fingerprint density at radius 1 is 1.14 bits per heavy atom. The van der Waals surface area contributed by atoms with E-state index in [4.69, 9.17) is 11.6 Å². The molecule has 1 saturated heterocycles. The number of ketones is 1. The maximum atomic E-state index is 13.0. The Balaban J connectivity index is 1.56. The molecule has 7 heteroatoms. The molecule has 1 aliphatic heterocycles. The fourth-order valence-electron chi connectivity index (χ4n) is 3.55. The Kier molecular flexibility index (Phi) is 5.36. The van der Waals surface area contributed by atoms with Crippen LogP contribution in [-0.4, -0.2) is 46.6 Å². The van der Waals surface area contributed by atoms with Crippen LogP contribution in [0.2, 0.25) is 5.02 Å². The zero-order chi connectivity index (χ0) is 20.4. The van der Waals surface area contributed by atoms with Gasteiger partial charge in [-0.2, -0.15) is 0 Å². The SMILES string of the molecule is O=C1CCN(C(=O)[C@H](Cc2ccccc2)NC(=O)c2cc3cc(Cl)ccc3[nH]2)C1. The summed E-state index contributed by atoms with van der Waals surface area (Å²) in [5.41, 5.74) is 2.07. The highest BCUT2D eigenvalue weighted by Crippen LogP contribution is 2.20. The third-order valence-corrected chi connectivity index (χ3v) is 5.29. The van der Waals surface area contributed by atoms with E-state index in [0.717, 1.165) is 16.5 Å². The van der Waals surface area contributed by atoms with Gasteiger partial charge in [-0.25, -0.2) is 0 Å². The molecule has 2 N–H and O–H groups in total. The molecule has 29 heavy (non-hydrogen) atoms. The van der Waals surface area contributed by atoms with Crippen molar-refractivity contribution in [1.29, 1.82) is 0 Å². The van der Waals surface area contributed by atoms with Crippen molar-refractivity contribution in [3.05, 3.63) is 70.9 Å². The molecule has 0 spiro atoms.